The zero-order valence-electron chi connectivity index (χ0n) is 15.3. The minimum Gasteiger partial charge on any atom is -0.484 e. The Bertz CT molecular complexity index is 1180. The van der Waals surface area contributed by atoms with Gasteiger partial charge in [-0.05, 0) is 31.5 Å². The van der Waals surface area contributed by atoms with Crippen LogP contribution in [0.5, 0.6) is 5.75 Å². The molecule has 0 fully saturated rings. The number of fused-ring (bicyclic) bond motifs is 1. The van der Waals surface area contributed by atoms with Gasteiger partial charge in [0.05, 0.1) is 16.8 Å². The number of nitrogens with zero attached hydrogens (tertiary/aromatic N) is 2. The van der Waals surface area contributed by atoms with Crippen LogP contribution >= 0.6 is 22.9 Å². The predicted octanol–water partition coefficient (Wildman–Crippen LogP) is 5.26. The third kappa shape index (κ3) is 3.25. The van der Waals surface area contributed by atoms with Gasteiger partial charge in [0.1, 0.15) is 22.4 Å². The number of hydrogen-bond acceptors (Lipinski definition) is 4. The van der Waals surface area contributed by atoms with Gasteiger partial charge < -0.3 is 10.5 Å². The van der Waals surface area contributed by atoms with E-state index in [0.29, 0.717) is 15.6 Å². The maximum Gasteiger partial charge on any atom is 0.262 e. The van der Waals surface area contributed by atoms with Gasteiger partial charge in [0.2, 0.25) is 0 Å². The molecule has 2 N–H and O–H groups in total. The van der Waals surface area contributed by atoms with Crippen molar-refractivity contribution in [2.24, 2.45) is 5.73 Å². The fourth-order valence-corrected chi connectivity index (χ4v) is 4.39. The third-order valence-electron chi connectivity index (χ3n) is 4.55. The maximum atomic E-state index is 12.0. The van der Waals surface area contributed by atoms with Crippen LogP contribution in [0.1, 0.15) is 33.8 Å². The summed E-state index contributed by atoms with van der Waals surface area (Å²) in [6.45, 7) is 3.90. The van der Waals surface area contributed by atoms with Crippen LogP contribution in [0.4, 0.5) is 0 Å². The van der Waals surface area contributed by atoms with Gasteiger partial charge in [-0.15, -0.1) is 11.3 Å². The number of aryl methyl sites for hydroxylation is 1. The second kappa shape index (κ2) is 7.30. The largest absolute Gasteiger partial charge is 0.484 e. The van der Waals surface area contributed by atoms with Crippen LogP contribution < -0.4 is 10.5 Å². The Hall–Kier alpha value is -2.83. The van der Waals surface area contributed by atoms with Crippen molar-refractivity contribution >= 4 is 34.5 Å². The summed E-state index contributed by atoms with van der Waals surface area (Å²) in [4.78, 5) is 17.7. The average Bonchev–Trinajstić information content (AvgIpc) is 3.27. The molecule has 0 radical (unpaired) electrons. The lowest BCUT2D eigenvalue weighted by atomic mass is 10.1. The smallest absolute Gasteiger partial charge is 0.262 e. The highest BCUT2D eigenvalue weighted by Crippen LogP contribution is 2.39. The first kappa shape index (κ1) is 18.5. The Labute approximate surface area is 171 Å². The van der Waals surface area contributed by atoms with Crippen molar-refractivity contribution in [1.29, 1.82) is 0 Å². The summed E-state index contributed by atoms with van der Waals surface area (Å²) >= 11 is 7.57. The standard InChI is InChI=1S/C21H18ClN3O2S/c1-12-6-5-9-25-16(11-24-21(12)25)18-10-17(19(28-18)20(23)26)27-13(2)14-7-3-4-8-15(14)22/h3-11,13H,1-2H3,(H2,23,26)/t13-/m1/s1. The molecule has 142 valence electrons. The molecule has 0 bridgehead atoms. The van der Waals surface area contributed by atoms with Gasteiger partial charge in [-0.25, -0.2) is 4.98 Å². The number of hydrogen-bond donors (Lipinski definition) is 1. The van der Waals surface area contributed by atoms with Crippen molar-refractivity contribution in [2.45, 2.75) is 20.0 Å². The van der Waals surface area contributed by atoms with E-state index in [-0.39, 0.29) is 6.10 Å². The van der Waals surface area contributed by atoms with E-state index in [1.807, 2.05) is 66.9 Å². The van der Waals surface area contributed by atoms with Gasteiger partial charge in [-0.2, -0.15) is 0 Å². The molecule has 0 saturated carbocycles. The number of primary amides is 1. The molecule has 28 heavy (non-hydrogen) atoms. The molecule has 0 saturated heterocycles. The number of rotatable bonds is 5. The summed E-state index contributed by atoms with van der Waals surface area (Å²) in [6, 6.07) is 13.3. The maximum absolute atomic E-state index is 12.0. The lowest BCUT2D eigenvalue weighted by Crippen LogP contribution is -2.12. The Balaban J connectivity index is 1.75. The van der Waals surface area contributed by atoms with Crippen molar-refractivity contribution in [3.63, 3.8) is 0 Å². The normalized spacial score (nSPS) is 12.2. The van der Waals surface area contributed by atoms with Gasteiger partial charge in [-0.3, -0.25) is 9.20 Å². The first-order valence-electron chi connectivity index (χ1n) is 8.73. The molecule has 0 spiro atoms. The number of carbonyl (C=O) groups is 1. The summed E-state index contributed by atoms with van der Waals surface area (Å²) in [5.74, 6) is -0.0786. The molecule has 7 heteroatoms. The molecule has 0 aliphatic rings. The molecular weight excluding hydrogens is 394 g/mol. The first-order chi connectivity index (χ1) is 13.5. The van der Waals surface area contributed by atoms with E-state index < -0.39 is 5.91 Å². The Morgan fingerprint density at radius 1 is 1.29 bits per heavy atom. The summed E-state index contributed by atoms with van der Waals surface area (Å²) in [5.41, 5.74) is 9.28. The highest BCUT2D eigenvalue weighted by molar-refractivity contribution is 7.17. The molecule has 1 amide bonds. The van der Waals surface area contributed by atoms with Gasteiger partial charge in [0, 0.05) is 22.8 Å². The summed E-state index contributed by atoms with van der Waals surface area (Å²) in [5, 5.41) is 0.614. The minimum absolute atomic E-state index is 0.335. The topological polar surface area (TPSA) is 69.6 Å². The lowest BCUT2D eigenvalue weighted by molar-refractivity contribution is 0.0998. The fraction of sp³-hybridized carbons (Fsp3) is 0.143. The highest BCUT2D eigenvalue weighted by atomic mass is 35.5. The molecule has 3 heterocycles. The van der Waals surface area contributed by atoms with Gasteiger partial charge >= 0.3 is 0 Å². The van der Waals surface area contributed by atoms with E-state index in [4.69, 9.17) is 22.1 Å². The third-order valence-corrected chi connectivity index (χ3v) is 6.05. The van der Waals surface area contributed by atoms with Crippen molar-refractivity contribution < 1.29 is 9.53 Å². The molecule has 0 aliphatic carbocycles. The number of benzene rings is 1. The van der Waals surface area contributed by atoms with Crippen LogP contribution in [0.2, 0.25) is 5.02 Å². The second-order valence-corrected chi connectivity index (χ2v) is 7.94. The number of nitrogens with two attached hydrogens (primary N) is 1. The monoisotopic (exact) mass is 411 g/mol. The van der Waals surface area contributed by atoms with Crippen LogP contribution in [0.25, 0.3) is 16.2 Å². The summed E-state index contributed by atoms with van der Waals surface area (Å²) in [7, 11) is 0. The van der Waals surface area contributed by atoms with E-state index in [0.717, 1.165) is 27.3 Å². The summed E-state index contributed by atoms with van der Waals surface area (Å²) < 4.78 is 8.08. The van der Waals surface area contributed by atoms with E-state index >= 15 is 0 Å². The number of carbonyl (C=O) groups excluding carboxylic acids is 1. The van der Waals surface area contributed by atoms with Crippen LogP contribution in [0.3, 0.4) is 0 Å². The highest BCUT2D eigenvalue weighted by Gasteiger charge is 2.21. The van der Waals surface area contributed by atoms with Crippen molar-refractivity contribution in [3.05, 3.63) is 75.9 Å². The molecule has 1 aromatic carbocycles. The molecule has 0 unspecified atom stereocenters. The Morgan fingerprint density at radius 3 is 2.82 bits per heavy atom. The zero-order chi connectivity index (χ0) is 19.8. The van der Waals surface area contributed by atoms with E-state index in [1.165, 1.54) is 11.3 Å². The number of amides is 1. The number of pyridine rings is 1. The lowest BCUT2D eigenvalue weighted by Gasteiger charge is -2.16. The first-order valence-corrected chi connectivity index (χ1v) is 9.93. The van der Waals surface area contributed by atoms with Crippen LogP contribution in [-0.4, -0.2) is 15.3 Å². The number of halogens is 1. The zero-order valence-corrected chi connectivity index (χ0v) is 16.9. The van der Waals surface area contributed by atoms with E-state index in [1.54, 1.807) is 6.20 Å². The number of imidazole rings is 1. The van der Waals surface area contributed by atoms with Crippen LogP contribution in [0.15, 0.2) is 54.9 Å². The molecule has 1 atom stereocenters. The van der Waals surface area contributed by atoms with Gasteiger partial charge in [0.15, 0.2) is 0 Å². The number of ether oxygens (including phenoxy) is 1. The Morgan fingerprint density at radius 2 is 2.07 bits per heavy atom. The molecular formula is C21H18ClN3O2S. The Kier molecular flexibility index (Phi) is 4.83. The van der Waals surface area contributed by atoms with Crippen molar-refractivity contribution in [3.8, 4) is 16.3 Å². The quantitative estimate of drug-likeness (QED) is 0.486. The van der Waals surface area contributed by atoms with Crippen LogP contribution in [-0.2, 0) is 0 Å². The van der Waals surface area contributed by atoms with Crippen molar-refractivity contribution in [1.82, 2.24) is 9.38 Å². The van der Waals surface area contributed by atoms with Gasteiger partial charge in [0.25, 0.3) is 5.91 Å². The molecule has 4 aromatic rings. The van der Waals surface area contributed by atoms with E-state index in [2.05, 4.69) is 4.98 Å². The van der Waals surface area contributed by atoms with Crippen LogP contribution in [0, 0.1) is 6.92 Å². The molecule has 0 aliphatic heterocycles. The predicted molar refractivity (Wildman–Crippen MR) is 112 cm³/mol. The molecule has 5 nitrogen and oxygen atoms in total. The molecule has 3 aromatic heterocycles. The fourth-order valence-electron chi connectivity index (χ4n) is 3.15. The second-order valence-electron chi connectivity index (χ2n) is 6.48. The summed E-state index contributed by atoms with van der Waals surface area (Å²) in [6.07, 6.45) is 3.40. The minimum atomic E-state index is -0.525. The number of thiophene rings is 1. The van der Waals surface area contributed by atoms with Crippen molar-refractivity contribution in [2.75, 3.05) is 0 Å². The average molecular weight is 412 g/mol. The molecule has 4 rings (SSSR count). The number of aromatic nitrogens is 2. The SMILES string of the molecule is Cc1cccn2c(-c3cc(O[C@H](C)c4ccccc4Cl)c(C(N)=O)s3)cnc12. The van der Waals surface area contributed by atoms with Gasteiger partial charge in [-0.1, -0.05) is 35.9 Å². The van der Waals surface area contributed by atoms with E-state index in [9.17, 15) is 4.79 Å².